The zero-order valence-corrected chi connectivity index (χ0v) is 12.4. The minimum atomic E-state index is 0.0388. The Kier molecular flexibility index (Phi) is 5.83. The normalized spacial score (nSPS) is 10.8. The number of amides is 1. The van der Waals surface area contributed by atoms with Crippen LogP contribution in [-0.4, -0.2) is 49.4 Å². The minimum absolute atomic E-state index is 0.0388. The van der Waals surface area contributed by atoms with Gasteiger partial charge in [0.1, 0.15) is 0 Å². The van der Waals surface area contributed by atoms with Crippen LogP contribution < -0.4 is 5.73 Å². The number of anilines is 1. The Hall–Kier alpha value is -1.55. The summed E-state index contributed by atoms with van der Waals surface area (Å²) >= 11 is 0. The number of hydrogen-bond donors (Lipinski definition) is 1. The number of carbonyl (C=O) groups excluding carboxylic acids is 1. The van der Waals surface area contributed by atoms with Crippen molar-refractivity contribution in [3.05, 3.63) is 29.3 Å². The highest BCUT2D eigenvalue weighted by Crippen LogP contribution is 2.18. The van der Waals surface area contributed by atoms with Crippen LogP contribution in [0.1, 0.15) is 29.3 Å². The highest BCUT2D eigenvalue weighted by atomic mass is 16.2. The van der Waals surface area contributed by atoms with Crippen molar-refractivity contribution in [3.63, 3.8) is 0 Å². The summed E-state index contributed by atoms with van der Waals surface area (Å²) in [6.07, 6.45) is 0.971. The average Bonchev–Trinajstić information content (AvgIpc) is 2.34. The maximum atomic E-state index is 12.5. The van der Waals surface area contributed by atoms with E-state index < -0.39 is 0 Å². The topological polar surface area (TPSA) is 49.6 Å². The molecule has 2 N–H and O–H groups in total. The largest absolute Gasteiger partial charge is 0.398 e. The van der Waals surface area contributed by atoms with Gasteiger partial charge >= 0.3 is 0 Å². The van der Waals surface area contributed by atoms with Gasteiger partial charge in [0.25, 0.3) is 5.91 Å². The molecule has 0 fully saturated rings. The van der Waals surface area contributed by atoms with E-state index in [1.807, 2.05) is 45.0 Å². The Balaban J connectivity index is 2.78. The Morgan fingerprint density at radius 2 is 1.95 bits per heavy atom. The Labute approximate surface area is 116 Å². The van der Waals surface area contributed by atoms with Crippen LogP contribution in [0.2, 0.25) is 0 Å². The monoisotopic (exact) mass is 263 g/mol. The van der Waals surface area contributed by atoms with Gasteiger partial charge in [-0.3, -0.25) is 4.79 Å². The maximum Gasteiger partial charge on any atom is 0.256 e. The van der Waals surface area contributed by atoms with Crippen molar-refractivity contribution in [2.24, 2.45) is 0 Å². The first-order chi connectivity index (χ1) is 8.97. The first-order valence-electron chi connectivity index (χ1n) is 6.76. The van der Waals surface area contributed by atoms with Gasteiger partial charge in [-0.15, -0.1) is 0 Å². The lowest BCUT2D eigenvalue weighted by Crippen LogP contribution is -2.34. The summed E-state index contributed by atoms with van der Waals surface area (Å²) in [6.45, 7) is 6.38. The van der Waals surface area contributed by atoms with Gasteiger partial charge in [-0.25, -0.2) is 0 Å². The molecule has 0 unspecified atom stereocenters. The van der Waals surface area contributed by atoms with E-state index in [0.717, 1.165) is 25.1 Å². The molecule has 0 atom stereocenters. The quantitative estimate of drug-likeness (QED) is 0.799. The van der Waals surface area contributed by atoms with E-state index in [1.165, 1.54) is 0 Å². The number of rotatable bonds is 6. The van der Waals surface area contributed by atoms with Gasteiger partial charge in [0.15, 0.2) is 0 Å². The SMILES string of the molecule is CCN(CCCN(C)C)C(=O)c1c(C)cccc1N. The van der Waals surface area contributed by atoms with E-state index in [-0.39, 0.29) is 5.91 Å². The molecule has 0 aliphatic carbocycles. The molecule has 0 radical (unpaired) electrons. The van der Waals surface area contributed by atoms with Crippen LogP contribution in [0.3, 0.4) is 0 Å². The van der Waals surface area contributed by atoms with Gasteiger partial charge in [-0.1, -0.05) is 12.1 Å². The summed E-state index contributed by atoms with van der Waals surface area (Å²) in [7, 11) is 4.08. The maximum absolute atomic E-state index is 12.5. The summed E-state index contributed by atoms with van der Waals surface area (Å²) in [4.78, 5) is 16.5. The second kappa shape index (κ2) is 7.14. The summed E-state index contributed by atoms with van der Waals surface area (Å²) in [6, 6.07) is 5.59. The van der Waals surface area contributed by atoms with Crippen molar-refractivity contribution in [2.75, 3.05) is 39.5 Å². The van der Waals surface area contributed by atoms with Gasteiger partial charge in [0.05, 0.1) is 5.56 Å². The van der Waals surface area contributed by atoms with E-state index in [4.69, 9.17) is 5.73 Å². The van der Waals surface area contributed by atoms with Crippen molar-refractivity contribution in [2.45, 2.75) is 20.3 Å². The van der Waals surface area contributed by atoms with Crippen molar-refractivity contribution in [1.29, 1.82) is 0 Å². The second-order valence-corrected chi connectivity index (χ2v) is 5.08. The molecule has 0 heterocycles. The lowest BCUT2D eigenvalue weighted by atomic mass is 10.1. The Morgan fingerprint density at radius 3 is 2.47 bits per heavy atom. The fourth-order valence-corrected chi connectivity index (χ4v) is 2.12. The van der Waals surface area contributed by atoms with E-state index in [0.29, 0.717) is 17.8 Å². The van der Waals surface area contributed by atoms with E-state index in [9.17, 15) is 4.79 Å². The van der Waals surface area contributed by atoms with Crippen molar-refractivity contribution >= 4 is 11.6 Å². The van der Waals surface area contributed by atoms with Crippen LogP contribution >= 0.6 is 0 Å². The molecule has 1 aromatic rings. The zero-order chi connectivity index (χ0) is 14.4. The van der Waals surface area contributed by atoms with Crippen molar-refractivity contribution in [3.8, 4) is 0 Å². The van der Waals surface area contributed by atoms with Gasteiger partial charge in [0.2, 0.25) is 0 Å². The second-order valence-electron chi connectivity index (χ2n) is 5.08. The molecule has 0 saturated heterocycles. The van der Waals surface area contributed by atoms with Crippen LogP contribution in [0, 0.1) is 6.92 Å². The number of aryl methyl sites for hydroxylation is 1. The average molecular weight is 263 g/mol. The van der Waals surface area contributed by atoms with Gasteiger partial charge in [-0.2, -0.15) is 0 Å². The van der Waals surface area contributed by atoms with Crippen molar-refractivity contribution in [1.82, 2.24) is 9.80 Å². The fourth-order valence-electron chi connectivity index (χ4n) is 2.12. The number of nitrogen functional groups attached to an aromatic ring is 1. The molecule has 1 amide bonds. The number of benzene rings is 1. The molecular formula is C15H25N3O. The third-order valence-corrected chi connectivity index (χ3v) is 3.22. The number of nitrogens with zero attached hydrogens (tertiary/aromatic N) is 2. The molecule has 19 heavy (non-hydrogen) atoms. The molecule has 0 aliphatic rings. The summed E-state index contributed by atoms with van der Waals surface area (Å²) in [5.74, 6) is 0.0388. The van der Waals surface area contributed by atoms with Crippen LogP contribution in [0.4, 0.5) is 5.69 Å². The Morgan fingerprint density at radius 1 is 1.26 bits per heavy atom. The highest BCUT2D eigenvalue weighted by molar-refractivity contribution is 6.00. The third kappa shape index (κ3) is 4.24. The molecular weight excluding hydrogens is 238 g/mol. The predicted octanol–water partition coefficient (Wildman–Crippen LogP) is 1.99. The van der Waals surface area contributed by atoms with Crippen LogP contribution in [0.25, 0.3) is 0 Å². The molecule has 0 aromatic heterocycles. The molecule has 1 aromatic carbocycles. The highest BCUT2D eigenvalue weighted by Gasteiger charge is 2.18. The zero-order valence-electron chi connectivity index (χ0n) is 12.4. The summed E-state index contributed by atoms with van der Waals surface area (Å²) < 4.78 is 0. The molecule has 1 rings (SSSR count). The molecule has 0 aliphatic heterocycles. The fraction of sp³-hybridized carbons (Fsp3) is 0.533. The molecule has 0 saturated carbocycles. The van der Waals surface area contributed by atoms with Crippen LogP contribution in [-0.2, 0) is 0 Å². The standard InChI is InChI=1S/C15H25N3O/c1-5-18(11-7-10-17(3)4)15(19)14-12(2)8-6-9-13(14)16/h6,8-9H,5,7,10-11,16H2,1-4H3. The smallest absolute Gasteiger partial charge is 0.256 e. The molecule has 4 nitrogen and oxygen atoms in total. The van der Waals surface area contributed by atoms with E-state index in [2.05, 4.69) is 4.90 Å². The summed E-state index contributed by atoms with van der Waals surface area (Å²) in [5.41, 5.74) is 8.09. The van der Waals surface area contributed by atoms with Crippen LogP contribution in [0.5, 0.6) is 0 Å². The number of carbonyl (C=O) groups is 1. The number of hydrogen-bond acceptors (Lipinski definition) is 3. The molecule has 0 bridgehead atoms. The lowest BCUT2D eigenvalue weighted by molar-refractivity contribution is 0.0759. The minimum Gasteiger partial charge on any atom is -0.398 e. The van der Waals surface area contributed by atoms with Gasteiger partial charge < -0.3 is 15.5 Å². The Bertz CT molecular complexity index is 409. The van der Waals surface area contributed by atoms with Gasteiger partial charge in [0, 0.05) is 18.8 Å². The first kappa shape index (κ1) is 15.5. The third-order valence-electron chi connectivity index (χ3n) is 3.22. The van der Waals surface area contributed by atoms with Gasteiger partial charge in [-0.05, 0) is 52.5 Å². The molecule has 106 valence electrons. The first-order valence-corrected chi connectivity index (χ1v) is 6.76. The molecule has 4 heteroatoms. The van der Waals surface area contributed by atoms with E-state index in [1.54, 1.807) is 6.07 Å². The lowest BCUT2D eigenvalue weighted by Gasteiger charge is -2.23. The van der Waals surface area contributed by atoms with E-state index >= 15 is 0 Å². The number of nitrogens with two attached hydrogens (primary N) is 1. The predicted molar refractivity (Wildman–Crippen MR) is 80.3 cm³/mol. The summed E-state index contributed by atoms with van der Waals surface area (Å²) in [5, 5.41) is 0. The van der Waals surface area contributed by atoms with Crippen molar-refractivity contribution < 1.29 is 4.79 Å². The molecule has 0 spiro atoms. The van der Waals surface area contributed by atoms with Crippen LogP contribution in [0.15, 0.2) is 18.2 Å².